The van der Waals surface area contributed by atoms with Gasteiger partial charge in [0.15, 0.2) is 0 Å². The fourth-order valence-electron chi connectivity index (χ4n) is 1.81. The van der Waals surface area contributed by atoms with Gasteiger partial charge in [0.05, 0.1) is 6.04 Å². The summed E-state index contributed by atoms with van der Waals surface area (Å²) >= 11 is 1.21. The van der Waals surface area contributed by atoms with Crippen molar-refractivity contribution in [1.29, 1.82) is 0 Å². The average Bonchev–Trinajstić information content (AvgIpc) is 2.15. The van der Waals surface area contributed by atoms with Crippen LogP contribution in [0.25, 0.3) is 0 Å². The van der Waals surface area contributed by atoms with Gasteiger partial charge >= 0.3 is 0 Å². The lowest BCUT2D eigenvalue weighted by molar-refractivity contribution is 0.0342. The number of benzene rings is 1. The molecule has 1 nitrogen and oxygen atoms in total. The lowest BCUT2D eigenvalue weighted by Crippen LogP contribution is -2.39. The maximum atomic E-state index is 13.8. The Morgan fingerprint density at radius 2 is 2.00 bits per heavy atom. The molecule has 0 aromatic heterocycles. The second kappa shape index (κ2) is 3.80. The van der Waals surface area contributed by atoms with Crippen molar-refractivity contribution < 1.29 is 4.48 Å². The minimum Gasteiger partial charge on any atom is -0.122 e. The molecule has 0 saturated heterocycles. The highest BCUT2D eigenvalue weighted by molar-refractivity contribution is 7.97. The van der Waals surface area contributed by atoms with E-state index in [9.17, 15) is 4.48 Å². The summed E-state index contributed by atoms with van der Waals surface area (Å²) in [6, 6.07) is 8.00. The Hall–Kier alpha value is -0.540. The van der Waals surface area contributed by atoms with Crippen molar-refractivity contribution in [3.05, 3.63) is 29.8 Å². The van der Waals surface area contributed by atoms with Crippen molar-refractivity contribution in [3.8, 4) is 0 Å². The lowest BCUT2D eigenvalue weighted by Gasteiger charge is -2.37. The smallest absolute Gasteiger partial charge is 0.0611 e. The number of nitrogens with zero attached hydrogens (tertiary/aromatic N) is 1. The third-order valence-corrected chi connectivity index (χ3v) is 3.84. The Morgan fingerprint density at radius 3 is 2.67 bits per heavy atom. The molecule has 0 bridgehead atoms. The molecule has 1 aliphatic rings. The maximum Gasteiger partial charge on any atom is 0.0611 e. The molecule has 0 amide bonds. The lowest BCUT2D eigenvalue weighted by atomic mass is 9.83. The molecule has 82 valence electrons. The van der Waals surface area contributed by atoms with Crippen molar-refractivity contribution in [2.45, 2.75) is 38.1 Å². The zero-order valence-corrected chi connectivity index (χ0v) is 10.1. The molecule has 1 aliphatic heterocycles. The first kappa shape index (κ1) is 11.0. The van der Waals surface area contributed by atoms with E-state index in [1.807, 2.05) is 18.2 Å². The van der Waals surface area contributed by atoms with Crippen LogP contribution in [0.4, 0.5) is 4.48 Å². The van der Waals surface area contributed by atoms with Crippen molar-refractivity contribution >= 4 is 11.9 Å². The van der Waals surface area contributed by atoms with Crippen LogP contribution in [0.3, 0.4) is 0 Å². The first-order valence-electron chi connectivity index (χ1n) is 5.19. The molecule has 0 N–H and O–H groups in total. The van der Waals surface area contributed by atoms with E-state index in [-0.39, 0.29) is 11.5 Å². The number of hydrogen-bond donors (Lipinski definition) is 0. The minimum atomic E-state index is -0.0441. The van der Waals surface area contributed by atoms with Crippen molar-refractivity contribution in [2.75, 3.05) is 0 Å². The van der Waals surface area contributed by atoms with Gasteiger partial charge in [0, 0.05) is 4.90 Å². The number of halogens is 1. The summed E-state index contributed by atoms with van der Waals surface area (Å²) < 4.78 is 14.7. The number of rotatable bonds is 0. The molecule has 0 radical (unpaired) electrons. The molecule has 1 atom stereocenters. The van der Waals surface area contributed by atoms with Crippen LogP contribution in [0.1, 0.15) is 26.3 Å². The molecule has 0 saturated carbocycles. The Balaban J connectivity index is 2.30. The third kappa shape index (κ3) is 2.18. The predicted octanol–water partition coefficient (Wildman–Crippen LogP) is 3.85. The summed E-state index contributed by atoms with van der Waals surface area (Å²) in [4.78, 5) is 1.04. The molecule has 3 heteroatoms. The van der Waals surface area contributed by atoms with Gasteiger partial charge in [-0.3, -0.25) is 0 Å². The third-order valence-electron chi connectivity index (χ3n) is 2.82. The zero-order valence-electron chi connectivity index (χ0n) is 9.33. The van der Waals surface area contributed by atoms with Gasteiger partial charge in [-0.1, -0.05) is 43.5 Å². The highest BCUT2D eigenvalue weighted by Gasteiger charge is 2.35. The Morgan fingerprint density at radius 1 is 1.33 bits per heavy atom. The summed E-state index contributed by atoms with van der Waals surface area (Å²) in [5.41, 5.74) is 1.23. The molecule has 1 unspecified atom stereocenters. The number of hydrogen-bond acceptors (Lipinski definition) is 2. The van der Waals surface area contributed by atoms with E-state index in [4.69, 9.17) is 0 Å². The zero-order chi connectivity index (χ0) is 11.1. The highest BCUT2D eigenvalue weighted by atomic mass is 32.2. The second-order valence-corrected chi connectivity index (χ2v) is 6.03. The molecule has 2 rings (SSSR count). The average molecular weight is 225 g/mol. The van der Waals surface area contributed by atoms with Gasteiger partial charge in [-0.15, -0.1) is 4.48 Å². The van der Waals surface area contributed by atoms with Crippen LogP contribution in [0.15, 0.2) is 29.2 Å². The van der Waals surface area contributed by atoms with Crippen LogP contribution in [-0.4, -0.2) is 10.6 Å². The monoisotopic (exact) mass is 225 g/mol. The van der Waals surface area contributed by atoms with Gasteiger partial charge in [-0.25, -0.2) is 0 Å². The van der Waals surface area contributed by atoms with Gasteiger partial charge in [0.25, 0.3) is 0 Å². The molecule has 1 aromatic rings. The van der Waals surface area contributed by atoms with E-state index >= 15 is 0 Å². The van der Waals surface area contributed by atoms with E-state index in [0.29, 0.717) is 0 Å². The van der Waals surface area contributed by atoms with Gasteiger partial charge in [-0.05, 0) is 35.4 Å². The van der Waals surface area contributed by atoms with E-state index in [2.05, 4.69) is 26.8 Å². The van der Waals surface area contributed by atoms with Crippen LogP contribution < -0.4 is 0 Å². The number of fused-ring (bicyclic) bond motifs is 1. The molecular weight excluding hydrogens is 209 g/mol. The standard InChI is InChI=1S/C12H16FNS/c1-12(2,3)11-8-9-6-4-5-7-10(9)15-14(11)13/h4-7,11H,8H2,1-3H3. The van der Waals surface area contributed by atoms with Gasteiger partial charge < -0.3 is 0 Å². The van der Waals surface area contributed by atoms with Crippen LogP contribution in [0.5, 0.6) is 0 Å². The molecule has 0 spiro atoms. The molecule has 15 heavy (non-hydrogen) atoms. The molecule has 0 aliphatic carbocycles. The maximum absolute atomic E-state index is 13.8. The summed E-state index contributed by atoms with van der Waals surface area (Å²) in [5.74, 6) is 0. The Labute approximate surface area is 94.7 Å². The van der Waals surface area contributed by atoms with Crippen LogP contribution >= 0.6 is 11.9 Å². The largest absolute Gasteiger partial charge is 0.122 e. The SMILES string of the molecule is CC(C)(C)C1Cc2ccccc2SN1F. The molecule has 1 heterocycles. The molecular formula is C12H16FNS. The minimum absolute atomic E-state index is 0.0325. The predicted molar refractivity (Wildman–Crippen MR) is 62.2 cm³/mol. The quantitative estimate of drug-likeness (QED) is 0.487. The van der Waals surface area contributed by atoms with Crippen molar-refractivity contribution in [2.24, 2.45) is 5.41 Å². The van der Waals surface area contributed by atoms with E-state index in [1.165, 1.54) is 17.5 Å². The van der Waals surface area contributed by atoms with Crippen LogP contribution in [-0.2, 0) is 6.42 Å². The normalized spacial score (nSPS) is 22.5. The van der Waals surface area contributed by atoms with E-state index < -0.39 is 0 Å². The Kier molecular flexibility index (Phi) is 2.77. The van der Waals surface area contributed by atoms with Crippen LogP contribution in [0, 0.1) is 5.41 Å². The fourth-order valence-corrected chi connectivity index (χ4v) is 2.92. The molecule has 0 fully saturated rings. The summed E-state index contributed by atoms with van der Waals surface area (Å²) in [6.45, 7) is 6.25. The van der Waals surface area contributed by atoms with Crippen LogP contribution in [0.2, 0.25) is 0 Å². The van der Waals surface area contributed by atoms with Gasteiger partial charge in [0.1, 0.15) is 0 Å². The van der Waals surface area contributed by atoms with E-state index in [1.54, 1.807) is 0 Å². The fraction of sp³-hybridized carbons (Fsp3) is 0.500. The summed E-state index contributed by atoms with van der Waals surface area (Å²) in [6.07, 6.45) is 0.795. The van der Waals surface area contributed by atoms with E-state index in [0.717, 1.165) is 15.8 Å². The molecule has 1 aromatic carbocycles. The van der Waals surface area contributed by atoms with Gasteiger partial charge in [0.2, 0.25) is 0 Å². The van der Waals surface area contributed by atoms with Crippen molar-refractivity contribution in [3.63, 3.8) is 0 Å². The highest BCUT2D eigenvalue weighted by Crippen LogP contribution is 2.41. The first-order chi connectivity index (χ1) is 6.98. The second-order valence-electron chi connectivity index (χ2n) is 5.06. The summed E-state index contributed by atoms with van der Waals surface area (Å²) in [5, 5.41) is 0. The van der Waals surface area contributed by atoms with Gasteiger partial charge in [-0.2, -0.15) is 0 Å². The topological polar surface area (TPSA) is 3.24 Å². The first-order valence-corrected chi connectivity index (χ1v) is 5.97. The Bertz CT molecular complexity index is 359. The summed E-state index contributed by atoms with van der Waals surface area (Å²) in [7, 11) is 0. The van der Waals surface area contributed by atoms with Crippen molar-refractivity contribution in [1.82, 2.24) is 4.53 Å².